The summed E-state index contributed by atoms with van der Waals surface area (Å²) in [4.78, 5) is 30.6. The predicted octanol–water partition coefficient (Wildman–Crippen LogP) is 2.37. The number of rotatable bonds is 2. The van der Waals surface area contributed by atoms with Gasteiger partial charge in [-0.15, -0.1) is 0 Å². The van der Waals surface area contributed by atoms with Gasteiger partial charge in [0.25, 0.3) is 5.56 Å². The summed E-state index contributed by atoms with van der Waals surface area (Å²) < 4.78 is 0. The Balaban J connectivity index is 1.81. The third-order valence-electron chi connectivity index (χ3n) is 4.14. The van der Waals surface area contributed by atoms with Gasteiger partial charge in [-0.3, -0.25) is 4.79 Å². The molecule has 116 valence electrons. The van der Waals surface area contributed by atoms with Gasteiger partial charge in [-0.05, 0) is 19.3 Å². The van der Waals surface area contributed by atoms with Crippen LogP contribution in [0.1, 0.15) is 19.3 Å². The van der Waals surface area contributed by atoms with Gasteiger partial charge in [0, 0.05) is 24.8 Å². The molecular weight excluding hydrogens is 290 g/mol. The van der Waals surface area contributed by atoms with Gasteiger partial charge < -0.3 is 9.88 Å². The zero-order valence-corrected chi connectivity index (χ0v) is 12.7. The number of anilines is 1. The molecule has 0 bridgehead atoms. The first-order chi connectivity index (χ1) is 11.3. The number of fused-ring (bicyclic) bond motifs is 1. The average molecular weight is 307 g/mol. The largest absolute Gasteiger partial charge is 0.341 e. The Labute approximate surface area is 133 Å². The number of piperidine rings is 1. The monoisotopic (exact) mass is 307 g/mol. The van der Waals surface area contributed by atoms with E-state index >= 15 is 0 Å². The van der Waals surface area contributed by atoms with E-state index < -0.39 is 0 Å². The molecule has 3 heterocycles. The van der Waals surface area contributed by atoms with Crippen LogP contribution in [-0.2, 0) is 0 Å². The molecule has 1 aliphatic rings. The first-order valence-electron chi connectivity index (χ1n) is 7.89. The zero-order chi connectivity index (χ0) is 15.6. The highest BCUT2D eigenvalue weighted by molar-refractivity contribution is 5.76. The van der Waals surface area contributed by atoms with Gasteiger partial charge in [0.15, 0.2) is 5.65 Å². The molecule has 6 heteroatoms. The highest BCUT2D eigenvalue weighted by Crippen LogP contribution is 2.18. The molecule has 0 radical (unpaired) electrons. The summed E-state index contributed by atoms with van der Waals surface area (Å²) in [6.07, 6.45) is 5.13. The van der Waals surface area contributed by atoms with Crippen LogP contribution in [0.2, 0.25) is 0 Å². The molecule has 1 aliphatic heterocycles. The number of benzene rings is 1. The van der Waals surface area contributed by atoms with E-state index in [0.29, 0.717) is 22.8 Å². The Hall–Kier alpha value is -2.76. The SMILES string of the molecule is O=c1[nH]c(-c2ccccc2)nc2nc(N3CCCCC3)ncc12. The number of H-pyrrole nitrogens is 1. The van der Waals surface area contributed by atoms with E-state index in [9.17, 15) is 4.79 Å². The van der Waals surface area contributed by atoms with Crippen LogP contribution in [0.25, 0.3) is 22.4 Å². The molecule has 2 aromatic heterocycles. The molecule has 6 nitrogen and oxygen atoms in total. The lowest BCUT2D eigenvalue weighted by Gasteiger charge is -2.26. The smallest absolute Gasteiger partial charge is 0.262 e. The lowest BCUT2D eigenvalue weighted by Crippen LogP contribution is -2.31. The van der Waals surface area contributed by atoms with Gasteiger partial charge in [0.05, 0.1) is 0 Å². The molecule has 0 amide bonds. The van der Waals surface area contributed by atoms with Crippen LogP contribution in [0.5, 0.6) is 0 Å². The minimum atomic E-state index is -0.209. The maximum absolute atomic E-state index is 12.3. The molecular formula is C17H17N5O. The number of nitrogens with zero attached hydrogens (tertiary/aromatic N) is 4. The van der Waals surface area contributed by atoms with Crippen molar-refractivity contribution >= 4 is 17.0 Å². The van der Waals surface area contributed by atoms with Gasteiger partial charge in [0.1, 0.15) is 11.2 Å². The molecule has 1 aromatic carbocycles. The maximum Gasteiger partial charge on any atom is 0.262 e. The summed E-state index contributed by atoms with van der Waals surface area (Å²) in [5.74, 6) is 1.20. The van der Waals surface area contributed by atoms with Crippen molar-refractivity contribution in [3.05, 3.63) is 46.9 Å². The molecule has 1 saturated heterocycles. The fourth-order valence-electron chi connectivity index (χ4n) is 2.90. The number of hydrogen-bond acceptors (Lipinski definition) is 5. The molecule has 0 unspecified atom stereocenters. The van der Waals surface area contributed by atoms with Crippen LogP contribution in [0.15, 0.2) is 41.3 Å². The fraction of sp³-hybridized carbons (Fsp3) is 0.294. The Bertz CT molecular complexity index is 884. The van der Waals surface area contributed by atoms with Crippen molar-refractivity contribution in [2.45, 2.75) is 19.3 Å². The van der Waals surface area contributed by atoms with Crippen molar-refractivity contribution in [2.24, 2.45) is 0 Å². The highest BCUT2D eigenvalue weighted by Gasteiger charge is 2.15. The molecule has 3 aromatic rings. The van der Waals surface area contributed by atoms with Crippen molar-refractivity contribution < 1.29 is 0 Å². The van der Waals surface area contributed by atoms with E-state index in [1.54, 1.807) is 6.20 Å². The molecule has 23 heavy (non-hydrogen) atoms. The Kier molecular flexibility index (Phi) is 3.49. The molecule has 0 aliphatic carbocycles. The minimum absolute atomic E-state index is 0.209. The summed E-state index contributed by atoms with van der Waals surface area (Å²) in [7, 11) is 0. The first kappa shape index (κ1) is 13.9. The van der Waals surface area contributed by atoms with E-state index in [4.69, 9.17) is 0 Å². The van der Waals surface area contributed by atoms with Gasteiger partial charge in [-0.25, -0.2) is 9.97 Å². The summed E-state index contributed by atoms with van der Waals surface area (Å²) in [5.41, 5.74) is 1.10. The Morgan fingerprint density at radius 2 is 1.78 bits per heavy atom. The van der Waals surface area contributed by atoms with Gasteiger partial charge >= 0.3 is 0 Å². The Morgan fingerprint density at radius 1 is 1.00 bits per heavy atom. The third kappa shape index (κ3) is 2.67. The van der Waals surface area contributed by atoms with Crippen molar-refractivity contribution in [1.82, 2.24) is 19.9 Å². The van der Waals surface area contributed by atoms with E-state index in [0.717, 1.165) is 31.5 Å². The molecule has 0 atom stereocenters. The van der Waals surface area contributed by atoms with Crippen LogP contribution < -0.4 is 10.5 Å². The minimum Gasteiger partial charge on any atom is -0.341 e. The lowest BCUT2D eigenvalue weighted by molar-refractivity contribution is 0.569. The normalized spacial score (nSPS) is 15.0. The summed E-state index contributed by atoms with van der Waals surface area (Å²) in [6.45, 7) is 1.92. The fourth-order valence-corrected chi connectivity index (χ4v) is 2.90. The van der Waals surface area contributed by atoms with Gasteiger partial charge in [-0.1, -0.05) is 30.3 Å². The summed E-state index contributed by atoms with van der Waals surface area (Å²) >= 11 is 0. The topological polar surface area (TPSA) is 74.8 Å². The zero-order valence-electron chi connectivity index (χ0n) is 12.7. The number of aromatic amines is 1. The quantitative estimate of drug-likeness (QED) is 0.786. The van der Waals surface area contributed by atoms with Crippen LogP contribution >= 0.6 is 0 Å². The molecule has 0 spiro atoms. The molecule has 1 fully saturated rings. The van der Waals surface area contributed by atoms with E-state index in [1.165, 1.54) is 6.42 Å². The standard InChI is InChI=1S/C17H17N5O/c23-16-13-11-18-17(22-9-5-2-6-10-22)21-15(13)19-14(20-16)12-7-3-1-4-8-12/h1,3-4,7-8,11H,2,5-6,9-10H2,(H,18,19,20,21,23). The summed E-state index contributed by atoms with van der Waals surface area (Å²) in [6, 6.07) is 9.59. The average Bonchev–Trinajstić information content (AvgIpc) is 2.63. The van der Waals surface area contributed by atoms with E-state index in [-0.39, 0.29) is 5.56 Å². The molecule has 4 rings (SSSR count). The van der Waals surface area contributed by atoms with Crippen molar-refractivity contribution in [3.8, 4) is 11.4 Å². The predicted molar refractivity (Wildman–Crippen MR) is 89.5 cm³/mol. The highest BCUT2D eigenvalue weighted by atomic mass is 16.1. The number of nitrogens with one attached hydrogen (secondary N) is 1. The van der Waals surface area contributed by atoms with E-state index in [1.807, 2.05) is 30.3 Å². The van der Waals surface area contributed by atoms with Gasteiger partial charge in [-0.2, -0.15) is 4.98 Å². The lowest BCUT2D eigenvalue weighted by atomic mass is 10.1. The van der Waals surface area contributed by atoms with Crippen LogP contribution in [0.4, 0.5) is 5.95 Å². The van der Waals surface area contributed by atoms with Crippen LogP contribution in [0.3, 0.4) is 0 Å². The number of hydrogen-bond donors (Lipinski definition) is 1. The second-order valence-corrected chi connectivity index (χ2v) is 5.74. The summed E-state index contributed by atoms with van der Waals surface area (Å²) in [5, 5.41) is 0.422. The second kappa shape index (κ2) is 5.79. The van der Waals surface area contributed by atoms with Crippen molar-refractivity contribution in [3.63, 3.8) is 0 Å². The Morgan fingerprint density at radius 3 is 2.57 bits per heavy atom. The molecule has 0 saturated carbocycles. The van der Waals surface area contributed by atoms with Crippen molar-refractivity contribution in [2.75, 3.05) is 18.0 Å². The number of aromatic nitrogens is 4. The second-order valence-electron chi connectivity index (χ2n) is 5.74. The molecule has 1 N–H and O–H groups in total. The van der Waals surface area contributed by atoms with Crippen LogP contribution in [-0.4, -0.2) is 33.0 Å². The maximum atomic E-state index is 12.3. The van der Waals surface area contributed by atoms with E-state index in [2.05, 4.69) is 24.8 Å². The first-order valence-corrected chi connectivity index (χ1v) is 7.89. The van der Waals surface area contributed by atoms with Crippen LogP contribution in [0, 0.1) is 0 Å². The van der Waals surface area contributed by atoms with Crippen molar-refractivity contribution in [1.29, 1.82) is 0 Å². The van der Waals surface area contributed by atoms with Gasteiger partial charge in [0.2, 0.25) is 5.95 Å². The third-order valence-corrected chi connectivity index (χ3v) is 4.14.